The molecule has 0 saturated heterocycles. The lowest BCUT2D eigenvalue weighted by Gasteiger charge is -2.11. The lowest BCUT2D eigenvalue weighted by atomic mass is 9.97. The number of fused-ring (bicyclic) bond motifs is 3. The topological polar surface area (TPSA) is 69.6 Å². The smallest absolute Gasteiger partial charge is 0.169 e. The number of nitrogens with zero attached hydrogens (tertiary/aromatic N) is 4. The van der Waals surface area contributed by atoms with E-state index in [-0.39, 0.29) is 0 Å². The molecule has 0 radical (unpaired) electrons. The average Bonchev–Trinajstić information content (AvgIpc) is 3.40. The summed E-state index contributed by atoms with van der Waals surface area (Å²) in [7, 11) is 0. The summed E-state index contributed by atoms with van der Waals surface area (Å²) in [6.45, 7) is 0. The van der Waals surface area contributed by atoms with Crippen LogP contribution in [0.3, 0.4) is 0 Å². The molecule has 3 aromatic heterocycles. The normalized spacial score (nSPS) is 16.1. The molecular weight excluding hydrogens is 410 g/mol. The van der Waals surface area contributed by atoms with Crippen molar-refractivity contribution in [2.45, 2.75) is 55.5 Å². The van der Waals surface area contributed by atoms with Crippen LogP contribution in [0.15, 0.2) is 41.7 Å². The van der Waals surface area contributed by atoms with Crippen LogP contribution < -0.4 is 5.73 Å². The van der Waals surface area contributed by atoms with Gasteiger partial charge in [-0.05, 0) is 49.7 Å². The van der Waals surface area contributed by atoms with Crippen LogP contribution in [0.1, 0.15) is 48.0 Å². The molecule has 2 N–H and O–H groups in total. The Labute approximate surface area is 183 Å². The molecule has 7 heteroatoms. The first-order valence-corrected chi connectivity index (χ1v) is 12.4. The predicted octanol–water partition coefficient (Wildman–Crippen LogP) is 5.64. The van der Waals surface area contributed by atoms with Gasteiger partial charge in [0.2, 0.25) is 0 Å². The minimum Gasteiger partial charge on any atom is -0.383 e. The van der Waals surface area contributed by atoms with E-state index in [0.29, 0.717) is 17.6 Å². The van der Waals surface area contributed by atoms with Gasteiger partial charge in [-0.1, -0.05) is 42.1 Å². The predicted molar refractivity (Wildman–Crippen MR) is 124 cm³/mol. The maximum absolute atomic E-state index is 6.39. The third-order valence-electron chi connectivity index (χ3n) is 5.96. The number of benzene rings is 1. The van der Waals surface area contributed by atoms with Crippen molar-refractivity contribution in [3.8, 4) is 11.3 Å². The summed E-state index contributed by atoms with van der Waals surface area (Å²) in [6, 6.07) is 11.1. The SMILES string of the molecule is Nc1nc(CSc2ncc(-c3ccccc3)n2C2CC2)nc2sc3c(c12)CCCC3. The van der Waals surface area contributed by atoms with Gasteiger partial charge in [0.05, 0.1) is 23.0 Å². The van der Waals surface area contributed by atoms with Crippen molar-refractivity contribution < 1.29 is 0 Å². The number of aromatic nitrogens is 4. The summed E-state index contributed by atoms with van der Waals surface area (Å²) in [6.07, 6.45) is 9.22. The Morgan fingerprint density at radius 1 is 1.10 bits per heavy atom. The molecule has 1 saturated carbocycles. The number of nitrogens with two attached hydrogens (primary N) is 1. The molecule has 5 nitrogen and oxygen atoms in total. The highest BCUT2D eigenvalue weighted by atomic mass is 32.2. The summed E-state index contributed by atoms with van der Waals surface area (Å²) in [5.41, 5.74) is 10.2. The zero-order chi connectivity index (χ0) is 20.1. The van der Waals surface area contributed by atoms with Crippen LogP contribution in [0.2, 0.25) is 0 Å². The number of thioether (sulfide) groups is 1. The van der Waals surface area contributed by atoms with E-state index >= 15 is 0 Å². The van der Waals surface area contributed by atoms with Crippen LogP contribution in [0, 0.1) is 0 Å². The average molecular weight is 434 g/mol. The summed E-state index contributed by atoms with van der Waals surface area (Å²) in [5, 5.41) is 2.15. The molecule has 30 heavy (non-hydrogen) atoms. The Balaban J connectivity index is 1.30. The second-order valence-electron chi connectivity index (χ2n) is 8.10. The molecule has 0 spiro atoms. The molecule has 0 amide bonds. The van der Waals surface area contributed by atoms with Gasteiger partial charge in [-0.15, -0.1) is 11.3 Å². The molecule has 152 valence electrons. The summed E-state index contributed by atoms with van der Waals surface area (Å²) >= 11 is 3.52. The fraction of sp³-hybridized carbons (Fsp3) is 0.348. The van der Waals surface area contributed by atoms with Crippen molar-refractivity contribution in [2.75, 3.05) is 5.73 Å². The molecule has 2 aliphatic rings. The maximum Gasteiger partial charge on any atom is 0.169 e. The Kier molecular flexibility index (Phi) is 4.53. The highest BCUT2D eigenvalue weighted by molar-refractivity contribution is 7.98. The number of imidazole rings is 1. The molecule has 0 bridgehead atoms. The third-order valence-corrected chi connectivity index (χ3v) is 8.11. The number of hydrogen-bond donors (Lipinski definition) is 1. The van der Waals surface area contributed by atoms with Gasteiger partial charge in [0.15, 0.2) is 5.16 Å². The van der Waals surface area contributed by atoms with E-state index < -0.39 is 0 Å². The number of nitrogen functional groups attached to an aromatic ring is 1. The van der Waals surface area contributed by atoms with Gasteiger partial charge >= 0.3 is 0 Å². The summed E-state index contributed by atoms with van der Waals surface area (Å²) in [5.74, 6) is 2.13. The van der Waals surface area contributed by atoms with Gasteiger partial charge in [0.25, 0.3) is 0 Å². The van der Waals surface area contributed by atoms with E-state index in [1.165, 1.54) is 47.4 Å². The first kappa shape index (κ1) is 18.4. The van der Waals surface area contributed by atoms with Crippen molar-refractivity contribution in [1.82, 2.24) is 19.5 Å². The molecule has 1 aromatic carbocycles. The number of anilines is 1. The fourth-order valence-electron chi connectivity index (χ4n) is 4.38. The molecule has 4 aromatic rings. The molecule has 3 heterocycles. The van der Waals surface area contributed by atoms with Crippen LogP contribution in [-0.4, -0.2) is 19.5 Å². The van der Waals surface area contributed by atoms with Crippen LogP contribution in [0.5, 0.6) is 0 Å². The number of aryl methyl sites for hydroxylation is 2. The Morgan fingerprint density at radius 3 is 2.77 bits per heavy atom. The molecule has 2 aliphatic carbocycles. The largest absolute Gasteiger partial charge is 0.383 e. The number of rotatable bonds is 5. The van der Waals surface area contributed by atoms with Gasteiger partial charge in [-0.2, -0.15) is 0 Å². The third kappa shape index (κ3) is 3.20. The molecule has 6 rings (SSSR count). The zero-order valence-electron chi connectivity index (χ0n) is 16.7. The highest BCUT2D eigenvalue weighted by Gasteiger charge is 2.29. The van der Waals surface area contributed by atoms with Crippen LogP contribution >= 0.6 is 23.1 Å². The van der Waals surface area contributed by atoms with Gasteiger partial charge in [0.1, 0.15) is 16.5 Å². The first-order chi connectivity index (χ1) is 14.8. The van der Waals surface area contributed by atoms with Crippen molar-refractivity contribution in [3.63, 3.8) is 0 Å². The lowest BCUT2D eigenvalue weighted by Crippen LogP contribution is -2.03. The summed E-state index contributed by atoms with van der Waals surface area (Å²) < 4.78 is 2.39. The Hall–Kier alpha value is -2.38. The summed E-state index contributed by atoms with van der Waals surface area (Å²) in [4.78, 5) is 16.8. The van der Waals surface area contributed by atoms with Gasteiger partial charge < -0.3 is 10.3 Å². The minimum absolute atomic E-state index is 0.558. The fourth-order valence-corrected chi connectivity index (χ4v) is 6.57. The standard InChI is InChI=1S/C23H23N5S2/c24-21-20-16-8-4-5-9-18(16)30-22(20)27-19(26-21)13-29-23-25-12-17(28(23)15-10-11-15)14-6-2-1-3-7-14/h1-3,6-7,12,15H,4-5,8-11,13H2,(H2,24,26,27). The maximum atomic E-state index is 6.39. The second kappa shape index (κ2) is 7.39. The van der Waals surface area contributed by atoms with Gasteiger partial charge in [-0.3, -0.25) is 0 Å². The zero-order valence-corrected chi connectivity index (χ0v) is 18.3. The van der Waals surface area contributed by atoms with Crippen molar-refractivity contribution in [1.29, 1.82) is 0 Å². The molecule has 0 atom stereocenters. The van der Waals surface area contributed by atoms with Gasteiger partial charge in [0, 0.05) is 10.9 Å². The van der Waals surface area contributed by atoms with E-state index in [1.54, 1.807) is 11.8 Å². The van der Waals surface area contributed by atoms with Crippen LogP contribution in [0.4, 0.5) is 5.82 Å². The van der Waals surface area contributed by atoms with Crippen LogP contribution in [0.25, 0.3) is 21.5 Å². The van der Waals surface area contributed by atoms with Crippen molar-refractivity contribution in [3.05, 3.63) is 52.8 Å². The molecular formula is C23H23N5S2. The highest BCUT2D eigenvalue weighted by Crippen LogP contribution is 2.43. The van der Waals surface area contributed by atoms with E-state index in [1.807, 2.05) is 17.5 Å². The van der Waals surface area contributed by atoms with Crippen molar-refractivity contribution >= 4 is 39.1 Å². The quantitative estimate of drug-likeness (QED) is 0.412. The lowest BCUT2D eigenvalue weighted by molar-refractivity contribution is 0.669. The Bertz CT molecular complexity index is 1220. The van der Waals surface area contributed by atoms with Crippen molar-refractivity contribution in [2.24, 2.45) is 0 Å². The van der Waals surface area contributed by atoms with Gasteiger partial charge in [-0.25, -0.2) is 15.0 Å². The number of hydrogen-bond acceptors (Lipinski definition) is 6. The van der Waals surface area contributed by atoms with E-state index in [0.717, 1.165) is 34.0 Å². The van der Waals surface area contributed by atoms with Crippen LogP contribution in [-0.2, 0) is 18.6 Å². The number of thiophene rings is 1. The Morgan fingerprint density at radius 2 is 1.93 bits per heavy atom. The van der Waals surface area contributed by atoms with E-state index in [9.17, 15) is 0 Å². The molecule has 0 aliphatic heterocycles. The van der Waals surface area contributed by atoms with E-state index in [4.69, 9.17) is 15.7 Å². The van der Waals surface area contributed by atoms with E-state index in [2.05, 4.69) is 39.9 Å². The molecule has 1 fully saturated rings. The first-order valence-electron chi connectivity index (χ1n) is 10.6. The minimum atomic E-state index is 0.558. The molecule has 0 unspecified atom stereocenters. The monoisotopic (exact) mass is 433 g/mol. The second-order valence-corrected chi connectivity index (χ2v) is 10.1.